The number of ether oxygens (including phenoxy) is 6. The van der Waals surface area contributed by atoms with Crippen LogP contribution in [0.2, 0.25) is 0 Å². The molecule has 35 heavy (non-hydrogen) atoms. The van der Waals surface area contributed by atoms with E-state index >= 15 is 0 Å². The van der Waals surface area contributed by atoms with Crippen molar-refractivity contribution in [3.63, 3.8) is 0 Å². The van der Waals surface area contributed by atoms with Gasteiger partial charge in [-0.25, -0.2) is 0 Å². The third kappa shape index (κ3) is 5.00. The van der Waals surface area contributed by atoms with Crippen LogP contribution in [0.5, 0.6) is 0 Å². The lowest BCUT2D eigenvalue weighted by Gasteiger charge is -2.46. The summed E-state index contributed by atoms with van der Waals surface area (Å²) in [6.07, 6.45) is 5.09. The first-order chi connectivity index (χ1) is 16.9. The van der Waals surface area contributed by atoms with Crippen molar-refractivity contribution >= 4 is 5.78 Å². The molecule has 6 aliphatic heterocycles. The Labute approximate surface area is 207 Å². The van der Waals surface area contributed by atoms with Gasteiger partial charge in [0, 0.05) is 32.5 Å². The summed E-state index contributed by atoms with van der Waals surface area (Å²) in [5.74, 6) is 0.563. The van der Waals surface area contributed by atoms with E-state index in [1.807, 2.05) is 0 Å². The van der Waals surface area contributed by atoms with Crippen LogP contribution >= 0.6 is 0 Å². The van der Waals surface area contributed by atoms with E-state index in [1.165, 1.54) is 5.57 Å². The molecule has 3 unspecified atom stereocenters. The van der Waals surface area contributed by atoms with E-state index in [2.05, 4.69) is 13.5 Å². The second-order valence-electron chi connectivity index (χ2n) is 11.5. The smallest absolute Gasteiger partial charge is 0.135 e. The van der Waals surface area contributed by atoms with Gasteiger partial charge in [-0.1, -0.05) is 6.58 Å². The van der Waals surface area contributed by atoms with Crippen molar-refractivity contribution in [1.29, 1.82) is 0 Å². The van der Waals surface area contributed by atoms with Crippen molar-refractivity contribution in [2.24, 2.45) is 5.92 Å². The molecule has 0 saturated carbocycles. The highest BCUT2D eigenvalue weighted by Crippen LogP contribution is 2.45. The summed E-state index contributed by atoms with van der Waals surface area (Å²) in [5, 5.41) is 11.2. The molecule has 0 aromatic carbocycles. The van der Waals surface area contributed by atoms with Gasteiger partial charge in [-0.15, -0.1) is 0 Å². The van der Waals surface area contributed by atoms with E-state index in [1.54, 1.807) is 0 Å². The second-order valence-corrected chi connectivity index (χ2v) is 11.5. The minimum Gasteiger partial charge on any atom is -0.387 e. The van der Waals surface area contributed by atoms with Crippen LogP contribution in [0.1, 0.15) is 64.7 Å². The van der Waals surface area contributed by atoms with Crippen molar-refractivity contribution in [2.75, 3.05) is 13.2 Å². The van der Waals surface area contributed by atoms with Gasteiger partial charge in [0.1, 0.15) is 36.3 Å². The van der Waals surface area contributed by atoms with Crippen LogP contribution in [-0.4, -0.2) is 91.2 Å². The zero-order valence-corrected chi connectivity index (χ0v) is 20.7. The Morgan fingerprint density at radius 2 is 1.69 bits per heavy atom. The third-order valence-electron chi connectivity index (χ3n) is 8.95. The summed E-state index contributed by atoms with van der Waals surface area (Å²) in [7, 11) is 0. The molecule has 0 aliphatic carbocycles. The van der Waals surface area contributed by atoms with E-state index in [0.717, 1.165) is 51.6 Å². The highest BCUT2D eigenvalue weighted by Gasteiger charge is 2.60. The fourth-order valence-corrected chi connectivity index (χ4v) is 6.98. The molecule has 0 bridgehead atoms. The maximum absolute atomic E-state index is 12.5. The molecular formula is C27H40O8. The molecule has 0 spiro atoms. The highest BCUT2D eigenvalue weighted by atomic mass is 16.6. The van der Waals surface area contributed by atoms with Crippen molar-refractivity contribution < 1.29 is 38.3 Å². The van der Waals surface area contributed by atoms with Gasteiger partial charge >= 0.3 is 0 Å². The predicted octanol–water partition coefficient (Wildman–Crippen LogP) is 2.49. The Bertz CT molecular complexity index is 796. The van der Waals surface area contributed by atoms with Gasteiger partial charge in [-0.05, 0) is 56.9 Å². The lowest BCUT2D eigenvalue weighted by Crippen LogP contribution is -2.61. The Morgan fingerprint density at radius 1 is 0.886 bits per heavy atom. The van der Waals surface area contributed by atoms with Crippen LogP contribution in [0.25, 0.3) is 0 Å². The van der Waals surface area contributed by atoms with Gasteiger partial charge in [0.05, 0.1) is 36.6 Å². The largest absolute Gasteiger partial charge is 0.387 e. The summed E-state index contributed by atoms with van der Waals surface area (Å²) in [5.41, 5.74) is 1.18. The van der Waals surface area contributed by atoms with E-state index in [9.17, 15) is 9.90 Å². The number of carbonyl (C=O) groups is 1. The van der Waals surface area contributed by atoms with Crippen molar-refractivity contribution in [3.8, 4) is 0 Å². The van der Waals surface area contributed by atoms with Gasteiger partial charge in [-0.2, -0.15) is 0 Å². The summed E-state index contributed by atoms with van der Waals surface area (Å²) in [6, 6.07) is 0. The van der Waals surface area contributed by atoms with Crippen LogP contribution in [0, 0.1) is 5.92 Å². The maximum Gasteiger partial charge on any atom is 0.135 e. The molecule has 0 aromatic heterocycles. The number of aliphatic hydroxyl groups excluding tert-OH is 1. The Kier molecular flexibility index (Phi) is 7.08. The molecule has 8 nitrogen and oxygen atoms in total. The molecule has 196 valence electrons. The van der Waals surface area contributed by atoms with E-state index < -0.39 is 18.3 Å². The Hall–Kier alpha value is -0.870. The van der Waals surface area contributed by atoms with Gasteiger partial charge in [0.15, 0.2) is 0 Å². The van der Waals surface area contributed by atoms with Crippen LogP contribution in [-0.2, 0) is 33.2 Å². The van der Waals surface area contributed by atoms with Gasteiger partial charge in [0.25, 0.3) is 0 Å². The fraction of sp³-hybridized carbons (Fsp3) is 0.889. The molecule has 0 aromatic rings. The molecule has 0 amide bonds. The minimum absolute atomic E-state index is 0.0609. The lowest BCUT2D eigenvalue weighted by molar-refractivity contribution is -0.263. The zero-order valence-electron chi connectivity index (χ0n) is 20.7. The average Bonchev–Trinajstić information content (AvgIpc) is 3.60. The molecule has 6 rings (SSSR count). The average molecular weight is 493 g/mol. The summed E-state index contributed by atoms with van der Waals surface area (Å²) < 4.78 is 36.7. The first-order valence-corrected chi connectivity index (χ1v) is 13.7. The Morgan fingerprint density at radius 3 is 2.46 bits per heavy atom. The number of hydrogen-bond acceptors (Lipinski definition) is 8. The number of Topliss-reactive ketones (excluding diaryl/α,β-unsaturated/α-hetero) is 1. The molecule has 8 heteroatoms. The number of fused-ring (bicyclic) bond motifs is 4. The quantitative estimate of drug-likeness (QED) is 0.542. The van der Waals surface area contributed by atoms with E-state index in [0.29, 0.717) is 25.4 Å². The monoisotopic (exact) mass is 492 g/mol. The number of aliphatic hydroxyl groups is 1. The first kappa shape index (κ1) is 24.5. The summed E-state index contributed by atoms with van der Waals surface area (Å²) >= 11 is 0. The van der Waals surface area contributed by atoms with Gasteiger partial charge in [0.2, 0.25) is 0 Å². The zero-order chi connectivity index (χ0) is 24.1. The normalized spacial score (nSPS) is 49.1. The van der Waals surface area contributed by atoms with Crippen LogP contribution in [0.15, 0.2) is 12.2 Å². The maximum atomic E-state index is 12.5. The molecule has 12 atom stereocenters. The lowest BCUT2D eigenvalue weighted by atomic mass is 9.87. The predicted molar refractivity (Wildman–Crippen MR) is 125 cm³/mol. The number of ketones is 1. The minimum atomic E-state index is -0.771. The number of carbonyl (C=O) groups excluding carboxylic acids is 1. The van der Waals surface area contributed by atoms with E-state index in [-0.39, 0.29) is 54.6 Å². The summed E-state index contributed by atoms with van der Waals surface area (Å²) in [4.78, 5) is 12.5. The topological polar surface area (TPSA) is 92.7 Å². The van der Waals surface area contributed by atoms with Crippen LogP contribution in [0.4, 0.5) is 0 Å². The van der Waals surface area contributed by atoms with E-state index in [4.69, 9.17) is 28.4 Å². The van der Waals surface area contributed by atoms with Gasteiger partial charge < -0.3 is 33.5 Å². The number of hydrogen-bond donors (Lipinski definition) is 1. The molecule has 1 N–H and O–H groups in total. The summed E-state index contributed by atoms with van der Waals surface area (Å²) in [6.45, 7) is 7.59. The molecule has 6 saturated heterocycles. The second kappa shape index (κ2) is 10.1. The van der Waals surface area contributed by atoms with Crippen LogP contribution in [0.3, 0.4) is 0 Å². The van der Waals surface area contributed by atoms with Gasteiger partial charge in [-0.3, -0.25) is 4.79 Å². The molecule has 6 fully saturated rings. The number of rotatable bonds is 7. The van der Waals surface area contributed by atoms with Crippen molar-refractivity contribution in [1.82, 2.24) is 0 Å². The molecule has 6 heterocycles. The SMILES string of the molecule is C=C1C[C@H](CC[C@@H]2C[C@H]3O[C@@H]4C(O[C@H]5CC[C@H](CC(=O)C[C@@H]6CCOC6)OC5[C@@H]4O)C3O2)O[C@H]1C. The van der Waals surface area contributed by atoms with Crippen molar-refractivity contribution in [2.45, 2.75) is 132 Å². The fourth-order valence-electron chi connectivity index (χ4n) is 6.98. The van der Waals surface area contributed by atoms with Crippen LogP contribution < -0.4 is 0 Å². The Balaban J connectivity index is 0.994. The standard InChI is InChI=1S/C27H40O8/c1-14-9-18(31-15(14)2)3-4-20-12-22-25(33-20)27-26(35-22)23(29)24-21(34-27)6-5-19(32-24)11-17(28)10-16-7-8-30-13-16/h15-16,18-27,29H,1,3-13H2,2H3/t15-,16-,18-,19+,20+,21-,22+,23-,24?,25?,26-,27?/m0/s1. The molecular weight excluding hydrogens is 452 g/mol. The molecule has 6 aliphatic rings. The third-order valence-corrected chi connectivity index (χ3v) is 8.95. The highest BCUT2D eigenvalue weighted by molar-refractivity contribution is 5.79. The molecule has 0 radical (unpaired) electrons. The first-order valence-electron chi connectivity index (χ1n) is 13.7. The van der Waals surface area contributed by atoms with Crippen molar-refractivity contribution in [3.05, 3.63) is 12.2 Å².